The largest absolute Gasteiger partial charge is 0.372 e. The van der Waals surface area contributed by atoms with Crippen molar-refractivity contribution in [2.24, 2.45) is 0 Å². The van der Waals surface area contributed by atoms with Gasteiger partial charge in [-0.15, -0.1) is 0 Å². The van der Waals surface area contributed by atoms with E-state index >= 15 is 0 Å². The summed E-state index contributed by atoms with van der Waals surface area (Å²) in [4.78, 5) is 13.8. The molecule has 0 unspecified atom stereocenters. The number of benzene rings is 1. The predicted molar refractivity (Wildman–Crippen MR) is 116 cm³/mol. The third-order valence-electron chi connectivity index (χ3n) is 6.05. The summed E-state index contributed by atoms with van der Waals surface area (Å²) >= 11 is 0. The van der Waals surface area contributed by atoms with Crippen LogP contribution < -0.4 is 15.1 Å². The SMILES string of the molecule is CCCc1cncnc1N1CCC(NCc2cccc(N3CCCC3)c2)CC1. The van der Waals surface area contributed by atoms with Crippen molar-refractivity contribution in [3.05, 3.63) is 47.9 Å². The van der Waals surface area contributed by atoms with Gasteiger partial charge >= 0.3 is 0 Å². The molecule has 28 heavy (non-hydrogen) atoms. The molecule has 4 rings (SSSR count). The number of aryl methyl sites for hydroxylation is 1. The van der Waals surface area contributed by atoms with Crippen LogP contribution in [0.5, 0.6) is 0 Å². The van der Waals surface area contributed by atoms with Gasteiger partial charge in [0.1, 0.15) is 12.1 Å². The zero-order valence-corrected chi connectivity index (χ0v) is 17.1. The van der Waals surface area contributed by atoms with Gasteiger partial charge in [-0.25, -0.2) is 9.97 Å². The maximum Gasteiger partial charge on any atom is 0.135 e. The Balaban J connectivity index is 1.29. The Kier molecular flexibility index (Phi) is 6.42. The first-order valence-electron chi connectivity index (χ1n) is 10.9. The average molecular weight is 380 g/mol. The number of nitrogens with one attached hydrogen (secondary N) is 1. The topological polar surface area (TPSA) is 44.3 Å². The van der Waals surface area contributed by atoms with Gasteiger partial charge < -0.3 is 15.1 Å². The summed E-state index contributed by atoms with van der Waals surface area (Å²) < 4.78 is 0. The Morgan fingerprint density at radius 2 is 1.89 bits per heavy atom. The summed E-state index contributed by atoms with van der Waals surface area (Å²) in [6.45, 7) is 7.72. The summed E-state index contributed by atoms with van der Waals surface area (Å²) in [5.41, 5.74) is 4.07. The maximum atomic E-state index is 4.58. The first-order valence-corrected chi connectivity index (χ1v) is 10.9. The molecule has 1 aromatic carbocycles. The summed E-state index contributed by atoms with van der Waals surface area (Å²) in [5, 5.41) is 3.79. The van der Waals surface area contributed by atoms with Gasteiger partial charge in [0.15, 0.2) is 0 Å². The van der Waals surface area contributed by atoms with Crippen molar-refractivity contribution >= 4 is 11.5 Å². The zero-order chi connectivity index (χ0) is 19.2. The van der Waals surface area contributed by atoms with E-state index in [1.807, 2.05) is 6.20 Å². The molecular formula is C23H33N5. The molecular weight excluding hydrogens is 346 g/mol. The number of rotatable bonds is 7. The van der Waals surface area contributed by atoms with Crippen molar-refractivity contribution in [1.82, 2.24) is 15.3 Å². The molecule has 0 bridgehead atoms. The van der Waals surface area contributed by atoms with Crippen LogP contribution in [0.1, 0.15) is 50.2 Å². The Morgan fingerprint density at radius 3 is 2.68 bits per heavy atom. The molecule has 1 aromatic heterocycles. The average Bonchev–Trinajstić information content (AvgIpc) is 3.29. The van der Waals surface area contributed by atoms with Crippen LogP contribution >= 0.6 is 0 Å². The minimum absolute atomic E-state index is 0.586. The molecule has 0 aliphatic carbocycles. The monoisotopic (exact) mass is 379 g/mol. The molecule has 0 amide bonds. The fourth-order valence-electron chi connectivity index (χ4n) is 4.48. The van der Waals surface area contributed by atoms with Crippen LogP contribution in [0, 0.1) is 0 Å². The summed E-state index contributed by atoms with van der Waals surface area (Å²) in [5.74, 6) is 1.15. The van der Waals surface area contributed by atoms with Gasteiger partial charge in [-0.05, 0) is 49.8 Å². The van der Waals surface area contributed by atoms with Crippen LogP contribution in [-0.4, -0.2) is 42.2 Å². The Morgan fingerprint density at radius 1 is 1.07 bits per heavy atom. The highest BCUT2D eigenvalue weighted by atomic mass is 15.2. The van der Waals surface area contributed by atoms with Gasteiger partial charge in [-0.3, -0.25) is 0 Å². The number of nitrogens with zero attached hydrogens (tertiary/aromatic N) is 4. The molecule has 0 saturated carbocycles. The quantitative estimate of drug-likeness (QED) is 0.793. The Labute approximate surface area is 169 Å². The third-order valence-corrected chi connectivity index (χ3v) is 6.05. The number of hydrogen-bond donors (Lipinski definition) is 1. The zero-order valence-electron chi connectivity index (χ0n) is 17.1. The highest BCUT2D eigenvalue weighted by molar-refractivity contribution is 5.49. The number of piperidine rings is 1. The van der Waals surface area contributed by atoms with E-state index < -0.39 is 0 Å². The fraction of sp³-hybridized carbons (Fsp3) is 0.565. The van der Waals surface area contributed by atoms with Gasteiger partial charge in [0.25, 0.3) is 0 Å². The van der Waals surface area contributed by atoms with E-state index in [-0.39, 0.29) is 0 Å². The lowest BCUT2D eigenvalue weighted by molar-refractivity contribution is 0.412. The second-order valence-electron chi connectivity index (χ2n) is 8.13. The lowest BCUT2D eigenvalue weighted by Crippen LogP contribution is -2.43. The van der Waals surface area contributed by atoms with Crippen LogP contribution in [-0.2, 0) is 13.0 Å². The third kappa shape index (κ3) is 4.64. The van der Waals surface area contributed by atoms with Crippen LogP contribution in [0.3, 0.4) is 0 Å². The summed E-state index contributed by atoms with van der Waals surface area (Å²) in [6, 6.07) is 9.66. The standard InChI is InChI=1S/C23H33N5/c1-2-6-20-17-24-18-26-23(20)28-13-9-21(10-14-28)25-16-19-7-5-8-22(15-19)27-11-3-4-12-27/h5,7-8,15,17-18,21,25H,2-4,6,9-14,16H2,1H3. The van der Waals surface area contributed by atoms with Crippen molar-refractivity contribution in [2.45, 2.75) is 58.0 Å². The lowest BCUT2D eigenvalue weighted by atomic mass is 10.0. The van der Waals surface area contributed by atoms with Crippen LogP contribution in [0.2, 0.25) is 0 Å². The van der Waals surface area contributed by atoms with E-state index in [9.17, 15) is 0 Å². The van der Waals surface area contributed by atoms with Crippen molar-refractivity contribution in [3.8, 4) is 0 Å². The molecule has 2 aromatic rings. The highest BCUT2D eigenvalue weighted by Crippen LogP contribution is 2.23. The van der Waals surface area contributed by atoms with E-state index in [1.54, 1.807) is 6.33 Å². The van der Waals surface area contributed by atoms with Crippen LogP contribution in [0.25, 0.3) is 0 Å². The molecule has 1 N–H and O–H groups in total. The number of aromatic nitrogens is 2. The van der Waals surface area contributed by atoms with Crippen LogP contribution in [0.4, 0.5) is 11.5 Å². The lowest BCUT2D eigenvalue weighted by Gasteiger charge is -2.34. The molecule has 2 aliphatic rings. The minimum Gasteiger partial charge on any atom is -0.372 e. The molecule has 0 atom stereocenters. The normalized spacial score (nSPS) is 18.0. The van der Waals surface area contributed by atoms with Crippen molar-refractivity contribution < 1.29 is 0 Å². The molecule has 5 nitrogen and oxygen atoms in total. The van der Waals surface area contributed by atoms with Gasteiger partial charge in [0.2, 0.25) is 0 Å². The Bertz CT molecular complexity index is 748. The smallest absolute Gasteiger partial charge is 0.135 e. The molecule has 5 heteroatoms. The first-order chi connectivity index (χ1) is 13.8. The molecule has 3 heterocycles. The van der Waals surface area contributed by atoms with Crippen LogP contribution in [0.15, 0.2) is 36.8 Å². The van der Waals surface area contributed by atoms with Gasteiger partial charge in [-0.2, -0.15) is 0 Å². The number of anilines is 2. The van der Waals surface area contributed by atoms with Crippen molar-refractivity contribution in [1.29, 1.82) is 0 Å². The maximum absolute atomic E-state index is 4.58. The van der Waals surface area contributed by atoms with E-state index in [0.717, 1.165) is 38.3 Å². The predicted octanol–water partition coefficient (Wildman–Crippen LogP) is 3.79. The molecule has 0 radical (unpaired) electrons. The first kappa shape index (κ1) is 19.2. The molecule has 2 aliphatic heterocycles. The minimum atomic E-state index is 0.586. The van der Waals surface area contributed by atoms with E-state index in [2.05, 4.69) is 56.3 Å². The number of hydrogen-bond acceptors (Lipinski definition) is 5. The van der Waals surface area contributed by atoms with Crippen molar-refractivity contribution in [3.63, 3.8) is 0 Å². The molecule has 150 valence electrons. The second kappa shape index (κ2) is 9.37. The van der Waals surface area contributed by atoms with Gasteiger partial charge in [-0.1, -0.05) is 25.5 Å². The molecule has 2 saturated heterocycles. The Hall–Kier alpha value is -2.14. The van der Waals surface area contributed by atoms with E-state index in [4.69, 9.17) is 0 Å². The van der Waals surface area contributed by atoms with Crippen molar-refractivity contribution in [2.75, 3.05) is 36.0 Å². The molecule has 2 fully saturated rings. The summed E-state index contributed by atoms with van der Waals surface area (Å²) in [6.07, 6.45) is 10.9. The summed E-state index contributed by atoms with van der Waals surface area (Å²) in [7, 11) is 0. The van der Waals surface area contributed by atoms with Gasteiger partial charge in [0.05, 0.1) is 0 Å². The van der Waals surface area contributed by atoms with Gasteiger partial charge in [0, 0.05) is 56.2 Å². The van der Waals surface area contributed by atoms with E-state index in [0.29, 0.717) is 6.04 Å². The molecule has 0 spiro atoms. The second-order valence-corrected chi connectivity index (χ2v) is 8.13. The van der Waals surface area contributed by atoms with E-state index in [1.165, 1.54) is 55.6 Å². The fourth-order valence-corrected chi connectivity index (χ4v) is 4.48. The highest BCUT2D eigenvalue weighted by Gasteiger charge is 2.21.